The van der Waals surface area contributed by atoms with Crippen LogP contribution in [0.15, 0.2) is 71.9 Å². The standard InChI is InChI=1S/C32H32F5N3O4/c33-25-17-23(16-24(18-25)32(35,36)37)31(20-21-8-2-1-3-9-21,39-30(42)38-26-10-4-5-11-26)22-13-14-27(34)28(19-22)44-15-7-6-12-29(41)40-43/h1-3,8-9,13-14,16-19,26H,4-7,10-12,15,20H2,(H2,38,39,42)/t31-/m1/s1. The molecule has 1 aliphatic rings. The molecule has 3 aromatic carbocycles. The van der Waals surface area contributed by atoms with Crippen LogP contribution in [0.1, 0.15) is 67.2 Å². The van der Waals surface area contributed by atoms with Crippen molar-refractivity contribution in [2.24, 2.45) is 5.18 Å². The molecule has 0 bridgehead atoms. The van der Waals surface area contributed by atoms with Crippen LogP contribution in [0.25, 0.3) is 0 Å². The Labute approximate surface area is 251 Å². The molecular formula is C32H32F5N3O4. The van der Waals surface area contributed by atoms with Gasteiger partial charge in [-0.15, -0.1) is 4.91 Å². The quantitative estimate of drug-likeness (QED) is 0.125. The summed E-state index contributed by atoms with van der Waals surface area (Å²) in [6, 6.07) is 13.5. The number of carbonyl (C=O) groups is 2. The van der Waals surface area contributed by atoms with Crippen molar-refractivity contribution in [2.45, 2.75) is 69.1 Å². The van der Waals surface area contributed by atoms with Gasteiger partial charge in [-0.05, 0) is 72.7 Å². The van der Waals surface area contributed by atoms with E-state index in [9.17, 15) is 36.4 Å². The van der Waals surface area contributed by atoms with Crippen LogP contribution in [-0.2, 0) is 22.9 Å². The molecule has 1 saturated carbocycles. The predicted molar refractivity (Wildman–Crippen MR) is 153 cm³/mol. The second kappa shape index (κ2) is 14.4. The Bertz CT molecular complexity index is 1460. The van der Waals surface area contributed by atoms with Crippen molar-refractivity contribution in [3.63, 3.8) is 0 Å². The van der Waals surface area contributed by atoms with Crippen molar-refractivity contribution < 1.29 is 36.3 Å². The van der Waals surface area contributed by atoms with E-state index in [1.807, 2.05) is 0 Å². The zero-order chi connectivity index (χ0) is 31.7. The normalized spacial score (nSPS) is 14.9. The minimum atomic E-state index is -4.89. The van der Waals surface area contributed by atoms with Crippen LogP contribution in [0.4, 0.5) is 26.7 Å². The summed E-state index contributed by atoms with van der Waals surface area (Å²) in [5.41, 5.74) is -2.50. The van der Waals surface area contributed by atoms with Gasteiger partial charge in [0.05, 0.1) is 17.7 Å². The van der Waals surface area contributed by atoms with Crippen molar-refractivity contribution in [3.05, 3.63) is 106 Å². The lowest BCUT2D eigenvalue weighted by atomic mass is 9.77. The second-order valence-corrected chi connectivity index (χ2v) is 10.8. The van der Waals surface area contributed by atoms with Crippen LogP contribution in [0.5, 0.6) is 5.75 Å². The fourth-order valence-corrected chi connectivity index (χ4v) is 5.43. The summed E-state index contributed by atoms with van der Waals surface area (Å²) in [5.74, 6) is -3.02. The smallest absolute Gasteiger partial charge is 0.416 e. The molecule has 0 spiro atoms. The first kappa shape index (κ1) is 32.6. The van der Waals surface area contributed by atoms with Crippen molar-refractivity contribution in [3.8, 4) is 5.75 Å². The van der Waals surface area contributed by atoms with Crippen LogP contribution < -0.4 is 15.4 Å². The molecule has 0 radical (unpaired) electrons. The first-order chi connectivity index (χ1) is 21.0. The molecule has 3 amide bonds. The van der Waals surface area contributed by atoms with E-state index in [1.165, 1.54) is 12.1 Å². The van der Waals surface area contributed by atoms with Gasteiger partial charge in [0.15, 0.2) is 11.6 Å². The number of alkyl halides is 3. The number of ether oxygens (including phenoxy) is 1. The Morgan fingerprint density at radius 2 is 1.59 bits per heavy atom. The second-order valence-electron chi connectivity index (χ2n) is 10.8. The molecule has 12 heteroatoms. The number of amides is 3. The molecule has 7 nitrogen and oxygen atoms in total. The highest BCUT2D eigenvalue weighted by molar-refractivity contribution is 5.77. The van der Waals surface area contributed by atoms with Gasteiger partial charge < -0.3 is 15.4 Å². The van der Waals surface area contributed by atoms with E-state index in [4.69, 9.17) is 4.74 Å². The van der Waals surface area contributed by atoms with E-state index < -0.39 is 40.9 Å². The number of rotatable bonds is 12. The van der Waals surface area contributed by atoms with Crippen LogP contribution in [0, 0.1) is 16.5 Å². The third-order valence-corrected chi connectivity index (χ3v) is 7.62. The topological polar surface area (TPSA) is 96.9 Å². The number of nitrogens with zero attached hydrogens (tertiary/aromatic N) is 1. The molecule has 0 aromatic heterocycles. The average molecular weight is 618 g/mol. The van der Waals surface area contributed by atoms with Gasteiger partial charge >= 0.3 is 12.2 Å². The largest absolute Gasteiger partial charge is 0.491 e. The zero-order valence-electron chi connectivity index (χ0n) is 23.8. The Morgan fingerprint density at radius 1 is 0.886 bits per heavy atom. The molecule has 1 fully saturated rings. The van der Waals surface area contributed by atoms with E-state index in [2.05, 4.69) is 15.8 Å². The molecule has 1 atom stereocenters. The highest BCUT2D eigenvalue weighted by atomic mass is 19.4. The fraction of sp³-hybridized carbons (Fsp3) is 0.375. The van der Waals surface area contributed by atoms with Crippen molar-refractivity contribution >= 4 is 11.9 Å². The Balaban J connectivity index is 1.81. The molecule has 4 rings (SSSR count). The van der Waals surface area contributed by atoms with Crippen molar-refractivity contribution in [1.29, 1.82) is 0 Å². The molecule has 0 aliphatic heterocycles. The van der Waals surface area contributed by atoms with Crippen LogP contribution in [0.2, 0.25) is 0 Å². The Morgan fingerprint density at radius 3 is 2.27 bits per heavy atom. The summed E-state index contributed by atoms with van der Waals surface area (Å²) >= 11 is 0. The average Bonchev–Trinajstić information content (AvgIpc) is 3.50. The number of hydrogen-bond donors (Lipinski definition) is 2. The molecule has 0 unspecified atom stereocenters. The Hall–Kier alpha value is -4.35. The van der Waals surface area contributed by atoms with E-state index in [-0.39, 0.29) is 55.2 Å². The third kappa shape index (κ3) is 8.39. The molecule has 3 aromatic rings. The van der Waals surface area contributed by atoms with Gasteiger partial charge in [0.25, 0.3) is 5.91 Å². The summed E-state index contributed by atoms with van der Waals surface area (Å²) in [6.07, 6.45) is -1.26. The lowest BCUT2D eigenvalue weighted by Crippen LogP contribution is -2.53. The fourth-order valence-electron chi connectivity index (χ4n) is 5.43. The van der Waals surface area contributed by atoms with Crippen LogP contribution in [0.3, 0.4) is 0 Å². The van der Waals surface area contributed by atoms with Crippen LogP contribution >= 0.6 is 0 Å². The van der Waals surface area contributed by atoms with E-state index in [0.717, 1.165) is 43.9 Å². The zero-order valence-corrected chi connectivity index (χ0v) is 23.8. The third-order valence-electron chi connectivity index (χ3n) is 7.62. The molecule has 0 heterocycles. The minimum Gasteiger partial charge on any atom is -0.491 e. The first-order valence-corrected chi connectivity index (χ1v) is 14.3. The molecule has 1 aliphatic carbocycles. The van der Waals surface area contributed by atoms with Crippen LogP contribution in [-0.4, -0.2) is 24.6 Å². The summed E-state index contributed by atoms with van der Waals surface area (Å²) in [7, 11) is 0. The summed E-state index contributed by atoms with van der Waals surface area (Å²) in [5, 5.41) is 8.04. The predicted octanol–water partition coefficient (Wildman–Crippen LogP) is 7.55. The summed E-state index contributed by atoms with van der Waals surface area (Å²) in [6.45, 7) is -0.0496. The lowest BCUT2D eigenvalue weighted by Gasteiger charge is -2.37. The summed E-state index contributed by atoms with van der Waals surface area (Å²) in [4.78, 5) is 34.9. The number of hydrogen-bond acceptors (Lipinski definition) is 4. The lowest BCUT2D eigenvalue weighted by molar-refractivity contribution is -0.137. The molecule has 2 N–H and O–H groups in total. The van der Waals surface area contributed by atoms with Gasteiger partial charge in [0, 0.05) is 24.1 Å². The maximum atomic E-state index is 15.0. The monoisotopic (exact) mass is 617 g/mol. The van der Waals surface area contributed by atoms with Gasteiger partial charge in [-0.25, -0.2) is 13.6 Å². The maximum Gasteiger partial charge on any atom is 0.416 e. The van der Waals surface area contributed by atoms with E-state index >= 15 is 0 Å². The number of halogens is 5. The number of unbranched alkanes of at least 4 members (excludes halogenated alkanes) is 1. The SMILES string of the molecule is O=NC(=O)CCCCOc1cc([C@@](Cc2ccccc2)(NC(=O)NC2CCCC2)c2cc(F)cc(C(F)(F)F)c2)ccc1F. The molecule has 0 saturated heterocycles. The Kier molecular flexibility index (Phi) is 10.7. The number of benzene rings is 3. The number of urea groups is 1. The number of nitrogens with one attached hydrogen (secondary N) is 2. The molecular weight excluding hydrogens is 585 g/mol. The van der Waals surface area contributed by atoms with Gasteiger partial charge in [0.1, 0.15) is 5.82 Å². The van der Waals surface area contributed by atoms with Gasteiger partial charge in [-0.1, -0.05) is 49.2 Å². The molecule has 44 heavy (non-hydrogen) atoms. The molecule has 234 valence electrons. The summed E-state index contributed by atoms with van der Waals surface area (Å²) < 4.78 is 77.2. The van der Waals surface area contributed by atoms with Crippen molar-refractivity contribution in [1.82, 2.24) is 10.6 Å². The first-order valence-electron chi connectivity index (χ1n) is 14.3. The number of carbonyl (C=O) groups excluding carboxylic acids is 2. The van der Waals surface area contributed by atoms with Crippen molar-refractivity contribution in [2.75, 3.05) is 6.61 Å². The minimum absolute atomic E-state index is 0.0496. The van der Waals surface area contributed by atoms with Gasteiger partial charge in [0.2, 0.25) is 0 Å². The van der Waals surface area contributed by atoms with Gasteiger partial charge in [-0.3, -0.25) is 4.79 Å². The van der Waals surface area contributed by atoms with Gasteiger partial charge in [-0.2, -0.15) is 13.2 Å². The highest BCUT2D eigenvalue weighted by Gasteiger charge is 2.40. The maximum absolute atomic E-state index is 15.0. The number of nitroso groups, excluding NO2 is 1. The highest BCUT2D eigenvalue weighted by Crippen LogP contribution is 2.40. The van der Waals surface area contributed by atoms with E-state index in [0.29, 0.717) is 11.6 Å². The van der Waals surface area contributed by atoms with E-state index in [1.54, 1.807) is 30.3 Å².